The normalized spacial score (nSPS) is 17.6. The van der Waals surface area contributed by atoms with E-state index in [4.69, 9.17) is 21.6 Å². The molecule has 0 unspecified atom stereocenters. The number of nitriles is 1. The fourth-order valence-corrected chi connectivity index (χ4v) is 1.77. The van der Waals surface area contributed by atoms with E-state index in [2.05, 4.69) is 5.32 Å². The second-order valence-electron chi connectivity index (χ2n) is 3.77. The van der Waals surface area contributed by atoms with Crippen molar-refractivity contribution in [3.05, 3.63) is 46.2 Å². The maximum Gasteiger partial charge on any atom is 0.207 e. The Morgan fingerprint density at radius 1 is 1.39 bits per heavy atom. The number of Topliss-reactive ketones (excluding diaryl/α,β-unsaturated/α-hetero) is 1. The van der Waals surface area contributed by atoms with Crippen LogP contribution < -0.4 is 5.32 Å². The predicted molar refractivity (Wildman–Crippen MR) is 67.2 cm³/mol. The standard InChI is InChI=1S/C13H11ClN2O2/c14-10-3-1-9(2-4-10)13(17)11(7-15)12-8-16-5-6-18-12/h1-4,16H,5-6,8H2. The van der Waals surface area contributed by atoms with E-state index in [0.717, 1.165) is 6.54 Å². The van der Waals surface area contributed by atoms with E-state index in [0.29, 0.717) is 29.5 Å². The molecule has 2 rings (SSSR count). The predicted octanol–water partition coefficient (Wildman–Crippen LogP) is 1.92. The number of hydrogen-bond donors (Lipinski definition) is 1. The van der Waals surface area contributed by atoms with E-state index in [1.165, 1.54) is 0 Å². The Hall–Kier alpha value is -1.83. The van der Waals surface area contributed by atoms with Crippen molar-refractivity contribution in [3.8, 4) is 6.07 Å². The van der Waals surface area contributed by atoms with Crippen LogP contribution in [0.15, 0.2) is 35.6 Å². The Morgan fingerprint density at radius 2 is 2.11 bits per heavy atom. The van der Waals surface area contributed by atoms with E-state index < -0.39 is 0 Å². The summed E-state index contributed by atoms with van der Waals surface area (Å²) in [5, 5.41) is 12.7. The molecule has 1 aromatic rings. The maximum atomic E-state index is 12.2. The Kier molecular flexibility index (Phi) is 3.98. The number of rotatable bonds is 2. The third-order valence-electron chi connectivity index (χ3n) is 2.56. The number of hydrogen-bond acceptors (Lipinski definition) is 4. The second kappa shape index (κ2) is 5.67. The summed E-state index contributed by atoms with van der Waals surface area (Å²) < 4.78 is 5.35. The van der Waals surface area contributed by atoms with Crippen molar-refractivity contribution in [2.24, 2.45) is 0 Å². The first-order valence-corrected chi connectivity index (χ1v) is 5.87. The van der Waals surface area contributed by atoms with Gasteiger partial charge >= 0.3 is 0 Å². The average Bonchev–Trinajstić information content (AvgIpc) is 2.41. The smallest absolute Gasteiger partial charge is 0.207 e. The largest absolute Gasteiger partial charge is 0.494 e. The number of nitrogens with zero attached hydrogens (tertiary/aromatic N) is 1. The third kappa shape index (κ3) is 2.70. The third-order valence-corrected chi connectivity index (χ3v) is 2.82. The number of ketones is 1. The van der Waals surface area contributed by atoms with Gasteiger partial charge in [-0.15, -0.1) is 0 Å². The van der Waals surface area contributed by atoms with Crippen LogP contribution in [0.4, 0.5) is 0 Å². The molecule has 0 saturated carbocycles. The molecule has 1 N–H and O–H groups in total. The first-order valence-electron chi connectivity index (χ1n) is 5.49. The number of benzene rings is 1. The SMILES string of the molecule is N#CC(C(=O)c1ccc(Cl)cc1)=C1CNCCO1. The minimum Gasteiger partial charge on any atom is -0.494 e. The zero-order chi connectivity index (χ0) is 13.0. The van der Waals surface area contributed by atoms with Crippen molar-refractivity contribution in [2.45, 2.75) is 0 Å². The molecule has 1 saturated heterocycles. The average molecular weight is 263 g/mol. The highest BCUT2D eigenvalue weighted by atomic mass is 35.5. The van der Waals surface area contributed by atoms with Crippen LogP contribution in [0.5, 0.6) is 0 Å². The fraction of sp³-hybridized carbons (Fsp3) is 0.231. The Labute approximate surface area is 110 Å². The number of carbonyl (C=O) groups is 1. The Balaban J connectivity index is 2.31. The van der Waals surface area contributed by atoms with Gasteiger partial charge in [-0.3, -0.25) is 4.79 Å². The van der Waals surface area contributed by atoms with Gasteiger partial charge in [-0.1, -0.05) is 11.6 Å². The van der Waals surface area contributed by atoms with E-state index in [1.54, 1.807) is 24.3 Å². The van der Waals surface area contributed by atoms with Crippen LogP contribution in [0.1, 0.15) is 10.4 Å². The first-order chi connectivity index (χ1) is 8.72. The van der Waals surface area contributed by atoms with Gasteiger partial charge in [0, 0.05) is 17.1 Å². The minimum atomic E-state index is -0.340. The number of halogens is 1. The van der Waals surface area contributed by atoms with Gasteiger partial charge in [0.2, 0.25) is 5.78 Å². The molecule has 0 bridgehead atoms. The lowest BCUT2D eigenvalue weighted by molar-refractivity contribution is 0.102. The molecule has 0 radical (unpaired) electrons. The molecule has 0 aromatic heterocycles. The summed E-state index contributed by atoms with van der Waals surface area (Å²) in [4.78, 5) is 12.2. The van der Waals surface area contributed by atoms with Crippen LogP contribution >= 0.6 is 11.6 Å². The lowest BCUT2D eigenvalue weighted by Crippen LogP contribution is -2.30. The zero-order valence-corrected chi connectivity index (χ0v) is 10.3. The summed E-state index contributed by atoms with van der Waals surface area (Å²) in [5.74, 6) is 0.0663. The number of morpholine rings is 1. The van der Waals surface area contributed by atoms with E-state index in [-0.39, 0.29) is 11.4 Å². The van der Waals surface area contributed by atoms with Crippen molar-refractivity contribution in [3.63, 3.8) is 0 Å². The summed E-state index contributed by atoms with van der Waals surface area (Å²) in [6, 6.07) is 8.35. The monoisotopic (exact) mass is 262 g/mol. The van der Waals surface area contributed by atoms with Gasteiger partial charge in [-0.25, -0.2) is 0 Å². The fourth-order valence-electron chi connectivity index (χ4n) is 1.65. The van der Waals surface area contributed by atoms with E-state index in [9.17, 15) is 4.79 Å². The van der Waals surface area contributed by atoms with Crippen LogP contribution in [-0.2, 0) is 4.74 Å². The van der Waals surface area contributed by atoms with Crippen molar-refractivity contribution in [1.82, 2.24) is 5.32 Å². The quantitative estimate of drug-likeness (QED) is 0.502. The molecular weight excluding hydrogens is 252 g/mol. The van der Waals surface area contributed by atoms with Gasteiger partial charge in [0.25, 0.3) is 0 Å². The molecule has 5 heteroatoms. The summed E-state index contributed by atoms with van der Waals surface area (Å²) in [7, 11) is 0. The van der Waals surface area contributed by atoms with Crippen molar-refractivity contribution in [1.29, 1.82) is 5.26 Å². The highest BCUT2D eigenvalue weighted by molar-refractivity contribution is 6.30. The first kappa shape index (κ1) is 12.6. The van der Waals surface area contributed by atoms with Crippen molar-refractivity contribution >= 4 is 17.4 Å². The maximum absolute atomic E-state index is 12.2. The van der Waals surface area contributed by atoms with Gasteiger partial charge in [0.1, 0.15) is 24.0 Å². The number of carbonyl (C=O) groups excluding carboxylic acids is 1. The minimum absolute atomic E-state index is 0.0459. The van der Waals surface area contributed by atoms with Crippen LogP contribution in [-0.4, -0.2) is 25.5 Å². The van der Waals surface area contributed by atoms with Gasteiger partial charge in [0.15, 0.2) is 0 Å². The molecule has 1 aliphatic heterocycles. The molecule has 0 aliphatic carbocycles. The number of nitrogens with one attached hydrogen (secondary N) is 1. The summed E-state index contributed by atoms with van der Waals surface area (Å²) in [5.41, 5.74) is 0.474. The second-order valence-corrected chi connectivity index (χ2v) is 4.21. The van der Waals surface area contributed by atoms with Gasteiger partial charge < -0.3 is 10.1 Å². The highest BCUT2D eigenvalue weighted by Crippen LogP contribution is 2.16. The zero-order valence-electron chi connectivity index (χ0n) is 9.57. The molecule has 0 atom stereocenters. The highest BCUT2D eigenvalue weighted by Gasteiger charge is 2.20. The summed E-state index contributed by atoms with van der Waals surface area (Å²) in [6.07, 6.45) is 0. The van der Waals surface area contributed by atoms with Crippen LogP contribution in [0, 0.1) is 11.3 Å². The number of ether oxygens (including phenoxy) is 1. The molecule has 1 heterocycles. The number of allylic oxidation sites excluding steroid dienone is 1. The Bertz CT molecular complexity index is 521. The molecular formula is C13H11ClN2O2. The van der Waals surface area contributed by atoms with Gasteiger partial charge in [0.05, 0.1) is 6.54 Å². The van der Waals surface area contributed by atoms with Crippen LogP contribution in [0.3, 0.4) is 0 Å². The topological polar surface area (TPSA) is 62.1 Å². The van der Waals surface area contributed by atoms with Gasteiger partial charge in [-0.05, 0) is 24.3 Å². The summed E-state index contributed by atoms with van der Waals surface area (Å²) in [6.45, 7) is 1.59. The molecule has 0 spiro atoms. The van der Waals surface area contributed by atoms with Crippen LogP contribution in [0.25, 0.3) is 0 Å². The Morgan fingerprint density at radius 3 is 2.67 bits per heavy atom. The molecule has 92 valence electrons. The lowest BCUT2D eigenvalue weighted by atomic mass is 10.0. The van der Waals surface area contributed by atoms with E-state index >= 15 is 0 Å². The summed E-state index contributed by atoms with van der Waals surface area (Å²) >= 11 is 5.76. The molecule has 18 heavy (non-hydrogen) atoms. The van der Waals surface area contributed by atoms with Crippen molar-refractivity contribution in [2.75, 3.05) is 19.7 Å². The molecule has 1 fully saturated rings. The van der Waals surface area contributed by atoms with E-state index in [1.807, 2.05) is 6.07 Å². The molecule has 4 nitrogen and oxygen atoms in total. The lowest BCUT2D eigenvalue weighted by Gasteiger charge is -2.18. The van der Waals surface area contributed by atoms with Crippen molar-refractivity contribution < 1.29 is 9.53 Å². The van der Waals surface area contributed by atoms with Crippen LogP contribution in [0.2, 0.25) is 5.02 Å². The molecule has 1 aliphatic rings. The molecule has 1 aromatic carbocycles. The molecule has 0 amide bonds. The van der Waals surface area contributed by atoms with Gasteiger partial charge in [-0.2, -0.15) is 5.26 Å².